The second kappa shape index (κ2) is 11.3. The lowest BCUT2D eigenvalue weighted by Gasteiger charge is -2.26. The standard InChI is InChI=1S/C20H29NO6/c1-4-7-8-9-10-15-26-18(22)20(5-2,6-3)19(23)27-17-13-11-16(12-14-17)21(24)25/h11-14H,4-10,15H2,1-3H3. The molecule has 7 nitrogen and oxygen atoms in total. The highest BCUT2D eigenvalue weighted by atomic mass is 16.6. The van der Waals surface area contributed by atoms with Crippen LogP contribution in [-0.4, -0.2) is 23.5 Å². The lowest BCUT2D eigenvalue weighted by molar-refractivity contribution is -0.384. The number of ether oxygens (including phenoxy) is 2. The Morgan fingerprint density at radius 1 is 0.963 bits per heavy atom. The van der Waals surface area contributed by atoms with Crippen molar-refractivity contribution in [2.75, 3.05) is 6.61 Å². The summed E-state index contributed by atoms with van der Waals surface area (Å²) in [4.78, 5) is 35.4. The number of carbonyl (C=O) groups excluding carboxylic acids is 2. The number of carbonyl (C=O) groups is 2. The highest BCUT2D eigenvalue weighted by Gasteiger charge is 2.46. The summed E-state index contributed by atoms with van der Waals surface area (Å²) >= 11 is 0. The molecule has 0 aliphatic carbocycles. The van der Waals surface area contributed by atoms with Crippen molar-refractivity contribution in [1.29, 1.82) is 0 Å². The molecule has 1 aromatic rings. The van der Waals surface area contributed by atoms with E-state index < -0.39 is 22.3 Å². The van der Waals surface area contributed by atoms with Gasteiger partial charge >= 0.3 is 11.9 Å². The van der Waals surface area contributed by atoms with E-state index in [0.29, 0.717) is 0 Å². The molecule has 0 heterocycles. The lowest BCUT2D eigenvalue weighted by atomic mass is 9.82. The maximum Gasteiger partial charge on any atom is 0.328 e. The molecule has 0 fully saturated rings. The molecule has 27 heavy (non-hydrogen) atoms. The number of benzene rings is 1. The lowest BCUT2D eigenvalue weighted by Crippen LogP contribution is -2.42. The Labute approximate surface area is 160 Å². The number of unbranched alkanes of at least 4 members (excludes halogenated alkanes) is 4. The average Bonchev–Trinajstić information content (AvgIpc) is 2.66. The first-order chi connectivity index (χ1) is 12.9. The molecule has 0 spiro atoms. The van der Waals surface area contributed by atoms with E-state index in [1.807, 2.05) is 0 Å². The molecule has 0 aliphatic heterocycles. The van der Waals surface area contributed by atoms with Crippen LogP contribution in [-0.2, 0) is 14.3 Å². The van der Waals surface area contributed by atoms with Crippen molar-refractivity contribution in [3.8, 4) is 5.75 Å². The summed E-state index contributed by atoms with van der Waals surface area (Å²) in [5, 5.41) is 10.7. The normalized spacial score (nSPS) is 11.1. The third-order valence-corrected chi connectivity index (χ3v) is 4.73. The fourth-order valence-corrected chi connectivity index (χ4v) is 2.76. The minimum absolute atomic E-state index is 0.102. The van der Waals surface area contributed by atoms with Crippen molar-refractivity contribution < 1.29 is 24.0 Å². The summed E-state index contributed by atoms with van der Waals surface area (Å²) in [6.07, 6.45) is 5.66. The van der Waals surface area contributed by atoms with Crippen LogP contribution >= 0.6 is 0 Å². The SMILES string of the molecule is CCCCCCCOC(=O)C(CC)(CC)C(=O)Oc1ccc([N+](=O)[O-])cc1. The van der Waals surface area contributed by atoms with Gasteiger partial charge in [-0.05, 0) is 31.4 Å². The van der Waals surface area contributed by atoms with E-state index in [9.17, 15) is 19.7 Å². The Bertz CT molecular complexity index is 622. The number of nitro benzene ring substituents is 1. The van der Waals surface area contributed by atoms with Crippen LogP contribution in [0.1, 0.15) is 65.7 Å². The highest BCUT2D eigenvalue weighted by Crippen LogP contribution is 2.31. The van der Waals surface area contributed by atoms with Crippen LogP contribution in [0.4, 0.5) is 5.69 Å². The first kappa shape index (κ1) is 22.6. The van der Waals surface area contributed by atoms with Crippen LogP contribution in [0, 0.1) is 15.5 Å². The third kappa shape index (κ3) is 6.34. The molecule has 0 saturated heterocycles. The van der Waals surface area contributed by atoms with Gasteiger partial charge in [-0.2, -0.15) is 0 Å². The van der Waals surface area contributed by atoms with Crippen molar-refractivity contribution >= 4 is 17.6 Å². The summed E-state index contributed by atoms with van der Waals surface area (Å²) < 4.78 is 10.7. The molecule has 0 saturated carbocycles. The molecule has 0 radical (unpaired) electrons. The largest absolute Gasteiger partial charge is 0.465 e. The number of hydrogen-bond acceptors (Lipinski definition) is 6. The van der Waals surface area contributed by atoms with Gasteiger partial charge in [0.2, 0.25) is 0 Å². The third-order valence-electron chi connectivity index (χ3n) is 4.73. The van der Waals surface area contributed by atoms with Gasteiger partial charge in [-0.1, -0.05) is 46.5 Å². The molecular weight excluding hydrogens is 350 g/mol. The van der Waals surface area contributed by atoms with Crippen LogP contribution < -0.4 is 4.74 Å². The summed E-state index contributed by atoms with van der Waals surface area (Å²) in [7, 11) is 0. The second-order valence-electron chi connectivity index (χ2n) is 6.48. The van der Waals surface area contributed by atoms with Crippen LogP contribution in [0.2, 0.25) is 0 Å². The molecule has 1 aromatic carbocycles. The molecule has 0 aliphatic rings. The zero-order chi connectivity index (χ0) is 20.3. The minimum atomic E-state index is -1.37. The molecular formula is C20H29NO6. The van der Waals surface area contributed by atoms with Gasteiger partial charge in [0.1, 0.15) is 5.75 Å². The number of esters is 2. The van der Waals surface area contributed by atoms with E-state index in [2.05, 4.69) is 6.92 Å². The van der Waals surface area contributed by atoms with Crippen molar-refractivity contribution in [3.63, 3.8) is 0 Å². The van der Waals surface area contributed by atoms with E-state index in [4.69, 9.17) is 9.47 Å². The average molecular weight is 379 g/mol. The predicted molar refractivity (Wildman–Crippen MR) is 101 cm³/mol. The molecule has 1 rings (SSSR count). The summed E-state index contributed by atoms with van der Waals surface area (Å²) in [5.74, 6) is -1.11. The minimum Gasteiger partial charge on any atom is -0.465 e. The summed E-state index contributed by atoms with van der Waals surface area (Å²) in [5.41, 5.74) is -1.47. The Kier molecular flexibility index (Phi) is 9.47. The van der Waals surface area contributed by atoms with E-state index in [0.717, 1.165) is 32.1 Å². The number of non-ortho nitro benzene ring substituents is 1. The number of hydrogen-bond donors (Lipinski definition) is 0. The van der Waals surface area contributed by atoms with Crippen LogP contribution in [0.3, 0.4) is 0 Å². The zero-order valence-corrected chi connectivity index (χ0v) is 16.4. The quantitative estimate of drug-likeness (QED) is 0.129. The first-order valence-electron chi connectivity index (χ1n) is 9.55. The van der Waals surface area contributed by atoms with E-state index >= 15 is 0 Å². The van der Waals surface area contributed by atoms with Gasteiger partial charge in [0.25, 0.3) is 5.69 Å². The zero-order valence-electron chi connectivity index (χ0n) is 16.4. The van der Waals surface area contributed by atoms with Crippen molar-refractivity contribution in [1.82, 2.24) is 0 Å². The molecule has 0 bridgehead atoms. The van der Waals surface area contributed by atoms with Crippen molar-refractivity contribution in [2.24, 2.45) is 5.41 Å². The Morgan fingerprint density at radius 3 is 2.07 bits per heavy atom. The van der Waals surface area contributed by atoms with E-state index in [1.54, 1.807) is 13.8 Å². The van der Waals surface area contributed by atoms with Gasteiger partial charge in [-0.15, -0.1) is 0 Å². The number of rotatable bonds is 12. The molecule has 0 amide bonds. The van der Waals surface area contributed by atoms with Crippen molar-refractivity contribution in [3.05, 3.63) is 34.4 Å². The van der Waals surface area contributed by atoms with Gasteiger partial charge in [0, 0.05) is 12.1 Å². The topological polar surface area (TPSA) is 95.7 Å². The molecule has 0 unspecified atom stereocenters. The maximum atomic E-state index is 12.7. The first-order valence-corrected chi connectivity index (χ1v) is 9.55. The Hall–Kier alpha value is -2.44. The monoisotopic (exact) mass is 379 g/mol. The number of nitrogens with zero attached hydrogens (tertiary/aromatic N) is 1. The second-order valence-corrected chi connectivity index (χ2v) is 6.48. The van der Waals surface area contributed by atoms with Gasteiger partial charge in [0.15, 0.2) is 5.41 Å². The number of nitro groups is 1. The molecule has 0 N–H and O–H groups in total. The smallest absolute Gasteiger partial charge is 0.328 e. The summed E-state index contributed by atoms with van der Waals surface area (Å²) in [6.45, 7) is 5.90. The van der Waals surface area contributed by atoms with E-state index in [1.165, 1.54) is 24.3 Å². The Morgan fingerprint density at radius 2 is 1.56 bits per heavy atom. The predicted octanol–water partition coefficient (Wildman–Crippen LogP) is 4.82. The summed E-state index contributed by atoms with van der Waals surface area (Å²) in [6, 6.07) is 5.17. The van der Waals surface area contributed by atoms with Gasteiger partial charge in [0.05, 0.1) is 11.5 Å². The molecule has 0 aromatic heterocycles. The van der Waals surface area contributed by atoms with Gasteiger partial charge < -0.3 is 9.47 Å². The van der Waals surface area contributed by atoms with Crippen molar-refractivity contribution in [2.45, 2.75) is 65.7 Å². The van der Waals surface area contributed by atoms with Crippen LogP contribution in [0.15, 0.2) is 24.3 Å². The fourth-order valence-electron chi connectivity index (χ4n) is 2.76. The van der Waals surface area contributed by atoms with Crippen LogP contribution in [0.5, 0.6) is 5.75 Å². The highest BCUT2D eigenvalue weighted by molar-refractivity contribution is 6.00. The fraction of sp³-hybridized carbons (Fsp3) is 0.600. The molecule has 0 atom stereocenters. The van der Waals surface area contributed by atoms with Gasteiger partial charge in [-0.3, -0.25) is 19.7 Å². The Balaban J connectivity index is 2.71. The van der Waals surface area contributed by atoms with Gasteiger partial charge in [-0.25, -0.2) is 0 Å². The molecule has 7 heteroatoms. The maximum absolute atomic E-state index is 12.7. The van der Waals surface area contributed by atoms with E-state index in [-0.39, 0.29) is 30.9 Å². The van der Waals surface area contributed by atoms with Crippen LogP contribution in [0.25, 0.3) is 0 Å². The molecule has 150 valence electrons.